The Morgan fingerprint density at radius 1 is 0.972 bits per heavy atom. The Morgan fingerprint density at radius 3 is 2.61 bits per heavy atom. The van der Waals surface area contributed by atoms with Crippen LogP contribution < -0.4 is 14.4 Å². The smallest absolute Gasteiger partial charge is 0.283 e. The number of benzene rings is 3. The molecule has 3 heterocycles. The van der Waals surface area contributed by atoms with Gasteiger partial charge in [-0.25, -0.2) is 4.99 Å². The van der Waals surface area contributed by atoms with Crippen molar-refractivity contribution >= 4 is 34.6 Å². The molecule has 0 saturated heterocycles. The van der Waals surface area contributed by atoms with Gasteiger partial charge in [-0.1, -0.05) is 53.7 Å². The van der Waals surface area contributed by atoms with Gasteiger partial charge in [0.25, 0.3) is 5.91 Å². The lowest BCUT2D eigenvalue weighted by Crippen LogP contribution is -2.30. The molecule has 3 aromatic carbocycles. The molecule has 0 aliphatic carbocycles. The Kier molecular flexibility index (Phi) is 5.74. The Labute approximate surface area is 211 Å². The number of aromatic nitrogens is 2. The summed E-state index contributed by atoms with van der Waals surface area (Å²) < 4.78 is 16.7. The topological polar surface area (TPSA) is 90.1 Å². The molecule has 0 saturated carbocycles. The van der Waals surface area contributed by atoms with Crippen molar-refractivity contribution in [3.63, 3.8) is 0 Å². The van der Waals surface area contributed by atoms with Crippen LogP contribution in [0.5, 0.6) is 11.5 Å². The summed E-state index contributed by atoms with van der Waals surface area (Å²) in [5.74, 6) is 2.39. The standard InChI is InChI=1S/C27H20N4O4S/c1-17-7-10-20(11-8-17)31-26(32)21(13-18-9-12-22-23(14-18)34-16-33-22)28-27(31)36-15-24-29-30-25(35-24)19-5-3-2-4-6-19/h2-14H,15-16H2,1H3/b21-13+. The molecular weight excluding hydrogens is 476 g/mol. The average molecular weight is 497 g/mol. The molecule has 0 unspecified atom stereocenters. The van der Waals surface area contributed by atoms with E-state index in [1.165, 1.54) is 11.8 Å². The van der Waals surface area contributed by atoms with Crippen molar-refractivity contribution in [2.75, 3.05) is 11.7 Å². The maximum absolute atomic E-state index is 13.5. The zero-order valence-corrected chi connectivity index (χ0v) is 20.1. The van der Waals surface area contributed by atoms with Gasteiger partial charge in [0, 0.05) is 5.56 Å². The first-order valence-electron chi connectivity index (χ1n) is 11.3. The summed E-state index contributed by atoms with van der Waals surface area (Å²) in [4.78, 5) is 19.7. The van der Waals surface area contributed by atoms with Crippen molar-refractivity contribution in [1.29, 1.82) is 0 Å². The summed E-state index contributed by atoms with van der Waals surface area (Å²) in [6.45, 7) is 2.19. The molecule has 0 N–H and O–H groups in total. The van der Waals surface area contributed by atoms with Crippen LogP contribution in [0.1, 0.15) is 17.0 Å². The molecule has 0 radical (unpaired) electrons. The van der Waals surface area contributed by atoms with E-state index in [0.717, 1.165) is 22.4 Å². The van der Waals surface area contributed by atoms with Gasteiger partial charge in [0.05, 0.1) is 11.4 Å². The number of amidine groups is 1. The first-order valence-corrected chi connectivity index (χ1v) is 12.2. The molecule has 0 atom stereocenters. The fourth-order valence-electron chi connectivity index (χ4n) is 3.81. The summed E-state index contributed by atoms with van der Waals surface area (Å²) in [7, 11) is 0. The molecule has 0 bridgehead atoms. The largest absolute Gasteiger partial charge is 0.454 e. The molecule has 2 aliphatic heterocycles. The lowest BCUT2D eigenvalue weighted by atomic mass is 10.1. The van der Waals surface area contributed by atoms with Gasteiger partial charge in [0.1, 0.15) is 5.70 Å². The van der Waals surface area contributed by atoms with Gasteiger partial charge in [-0.05, 0) is 55.0 Å². The van der Waals surface area contributed by atoms with Crippen LogP contribution in [0, 0.1) is 6.92 Å². The van der Waals surface area contributed by atoms with Crippen LogP contribution >= 0.6 is 11.8 Å². The van der Waals surface area contributed by atoms with E-state index in [1.54, 1.807) is 11.0 Å². The van der Waals surface area contributed by atoms with Gasteiger partial charge in [-0.3, -0.25) is 9.69 Å². The Morgan fingerprint density at radius 2 is 1.78 bits per heavy atom. The highest BCUT2D eigenvalue weighted by atomic mass is 32.2. The third-order valence-corrected chi connectivity index (χ3v) is 6.56. The van der Waals surface area contributed by atoms with E-state index in [4.69, 9.17) is 13.9 Å². The minimum atomic E-state index is -0.213. The summed E-state index contributed by atoms with van der Waals surface area (Å²) in [6.07, 6.45) is 1.75. The first-order chi connectivity index (χ1) is 17.6. The average Bonchev–Trinajstić information content (AvgIpc) is 3.63. The number of fused-ring (bicyclic) bond motifs is 1. The minimum Gasteiger partial charge on any atom is -0.454 e. The van der Waals surface area contributed by atoms with Crippen molar-refractivity contribution in [3.8, 4) is 23.0 Å². The molecule has 2 aliphatic rings. The lowest BCUT2D eigenvalue weighted by molar-refractivity contribution is -0.113. The zero-order chi connectivity index (χ0) is 24.5. The molecular formula is C27H20N4O4S. The molecule has 178 valence electrons. The van der Waals surface area contributed by atoms with Gasteiger partial charge in [0.15, 0.2) is 16.7 Å². The van der Waals surface area contributed by atoms with Crippen LogP contribution in [0.25, 0.3) is 17.5 Å². The number of aliphatic imine (C=N–C) groups is 1. The number of aryl methyl sites for hydroxylation is 1. The van der Waals surface area contributed by atoms with Crippen LogP contribution in [0.4, 0.5) is 5.69 Å². The van der Waals surface area contributed by atoms with Crippen molar-refractivity contribution in [2.45, 2.75) is 12.7 Å². The molecule has 36 heavy (non-hydrogen) atoms. The Balaban J connectivity index is 1.28. The Hall–Kier alpha value is -4.37. The number of carbonyl (C=O) groups excluding carboxylic acids is 1. The summed E-state index contributed by atoms with van der Waals surface area (Å²) in [5, 5.41) is 8.85. The van der Waals surface area contributed by atoms with Crippen molar-refractivity contribution in [1.82, 2.24) is 10.2 Å². The highest BCUT2D eigenvalue weighted by Gasteiger charge is 2.32. The number of thioether (sulfide) groups is 1. The second kappa shape index (κ2) is 9.35. The number of hydrogen-bond acceptors (Lipinski definition) is 8. The summed E-state index contributed by atoms with van der Waals surface area (Å²) >= 11 is 1.36. The third-order valence-electron chi connectivity index (χ3n) is 5.63. The Bertz CT molecular complexity index is 1500. The van der Waals surface area contributed by atoms with E-state index < -0.39 is 0 Å². The molecule has 1 amide bonds. The molecule has 6 rings (SSSR count). The predicted octanol–water partition coefficient (Wildman–Crippen LogP) is 5.45. The number of ether oxygens (including phenoxy) is 2. The SMILES string of the molecule is Cc1ccc(N2C(=O)/C(=C\c3ccc4c(c3)OCO4)N=C2SCc2nnc(-c3ccccc3)o2)cc1. The number of hydrogen-bond donors (Lipinski definition) is 0. The van der Waals surface area contributed by atoms with E-state index in [9.17, 15) is 4.79 Å². The van der Waals surface area contributed by atoms with Gasteiger partial charge in [-0.15, -0.1) is 10.2 Å². The zero-order valence-electron chi connectivity index (χ0n) is 19.2. The second-order valence-electron chi connectivity index (χ2n) is 8.17. The van der Waals surface area contributed by atoms with E-state index in [0.29, 0.717) is 39.9 Å². The highest BCUT2D eigenvalue weighted by molar-refractivity contribution is 8.13. The number of carbonyl (C=O) groups is 1. The maximum atomic E-state index is 13.5. The van der Waals surface area contributed by atoms with E-state index in [-0.39, 0.29) is 12.7 Å². The highest BCUT2D eigenvalue weighted by Crippen LogP contribution is 2.35. The summed E-state index contributed by atoms with van der Waals surface area (Å²) in [5.41, 5.74) is 3.82. The number of amides is 1. The van der Waals surface area contributed by atoms with Gasteiger partial charge >= 0.3 is 0 Å². The van der Waals surface area contributed by atoms with Gasteiger partial charge in [0.2, 0.25) is 18.6 Å². The maximum Gasteiger partial charge on any atom is 0.283 e. The van der Waals surface area contributed by atoms with E-state index >= 15 is 0 Å². The predicted molar refractivity (Wildman–Crippen MR) is 138 cm³/mol. The molecule has 4 aromatic rings. The number of nitrogens with zero attached hydrogens (tertiary/aromatic N) is 4. The normalized spacial score (nSPS) is 15.6. The third kappa shape index (κ3) is 4.36. The summed E-state index contributed by atoms with van der Waals surface area (Å²) in [6, 6.07) is 22.9. The van der Waals surface area contributed by atoms with Crippen LogP contribution in [-0.4, -0.2) is 28.1 Å². The van der Waals surface area contributed by atoms with Crippen molar-refractivity contribution in [2.24, 2.45) is 4.99 Å². The van der Waals surface area contributed by atoms with Gasteiger partial charge in [-0.2, -0.15) is 0 Å². The fraction of sp³-hybridized carbons (Fsp3) is 0.111. The fourth-order valence-corrected chi connectivity index (χ4v) is 4.66. The van der Waals surface area contributed by atoms with Crippen LogP contribution in [0.3, 0.4) is 0 Å². The quantitative estimate of drug-likeness (QED) is 0.339. The van der Waals surface area contributed by atoms with Crippen molar-refractivity contribution < 1.29 is 18.7 Å². The second-order valence-corrected chi connectivity index (χ2v) is 9.11. The van der Waals surface area contributed by atoms with Gasteiger partial charge < -0.3 is 13.9 Å². The monoisotopic (exact) mass is 496 g/mol. The van der Waals surface area contributed by atoms with E-state index in [2.05, 4.69) is 15.2 Å². The van der Waals surface area contributed by atoms with Crippen LogP contribution in [0.2, 0.25) is 0 Å². The molecule has 0 fully saturated rings. The number of anilines is 1. The van der Waals surface area contributed by atoms with Crippen LogP contribution in [0.15, 0.2) is 87.9 Å². The van der Waals surface area contributed by atoms with E-state index in [1.807, 2.05) is 79.7 Å². The minimum absolute atomic E-state index is 0.191. The van der Waals surface area contributed by atoms with Crippen molar-refractivity contribution in [3.05, 3.63) is 95.5 Å². The molecule has 8 nitrogen and oxygen atoms in total. The first kappa shape index (κ1) is 22.1. The van der Waals surface area contributed by atoms with Crippen LogP contribution in [-0.2, 0) is 10.5 Å². The lowest BCUT2D eigenvalue weighted by Gasteiger charge is -2.17. The molecule has 0 spiro atoms. The molecule has 1 aromatic heterocycles. The number of rotatable bonds is 5. The molecule has 9 heteroatoms.